The smallest absolute Gasteiger partial charge is 0.224 e. The number of amides is 1. The summed E-state index contributed by atoms with van der Waals surface area (Å²) in [6.07, 6.45) is 6.03. The molecule has 1 fully saturated rings. The van der Waals surface area contributed by atoms with Crippen molar-refractivity contribution in [3.8, 4) is 0 Å². The van der Waals surface area contributed by atoms with Crippen LogP contribution in [0.2, 0.25) is 0 Å². The number of likely N-dealkylation sites (tertiary alicyclic amines) is 1. The van der Waals surface area contributed by atoms with Gasteiger partial charge < -0.3 is 9.47 Å². The van der Waals surface area contributed by atoms with Gasteiger partial charge in [-0.15, -0.1) is 0 Å². The fourth-order valence-corrected chi connectivity index (χ4v) is 3.23. The lowest BCUT2D eigenvalue weighted by Crippen LogP contribution is -2.29. The minimum absolute atomic E-state index is 0.186. The molecule has 23 heavy (non-hydrogen) atoms. The van der Waals surface area contributed by atoms with Gasteiger partial charge in [0, 0.05) is 50.8 Å². The van der Waals surface area contributed by atoms with Crippen molar-refractivity contribution in [2.24, 2.45) is 0 Å². The summed E-state index contributed by atoms with van der Waals surface area (Å²) in [6, 6.07) is 6.64. The van der Waals surface area contributed by atoms with Crippen molar-refractivity contribution in [3.63, 3.8) is 0 Å². The quantitative estimate of drug-likeness (QED) is 0.851. The standard InChI is InChI=1S/C18H22FN3O/c1-2-17-20-9-12-21(17)11-8-18(23)22-10-7-15(13-22)14-3-5-16(19)6-4-14/h3-6,9,12,15H,2,7-8,10-11,13H2,1H3/t15-/m0/s1. The van der Waals surface area contributed by atoms with E-state index in [9.17, 15) is 9.18 Å². The molecule has 1 aliphatic rings. The Labute approximate surface area is 135 Å². The maximum absolute atomic E-state index is 13.0. The summed E-state index contributed by atoms with van der Waals surface area (Å²) >= 11 is 0. The Balaban J connectivity index is 1.54. The first-order valence-electron chi connectivity index (χ1n) is 8.20. The molecule has 1 aromatic carbocycles. The van der Waals surface area contributed by atoms with Crippen molar-refractivity contribution in [3.05, 3.63) is 53.9 Å². The Kier molecular flexibility index (Phi) is 4.74. The Bertz CT molecular complexity index is 665. The molecule has 0 saturated carbocycles. The Morgan fingerprint density at radius 3 is 2.87 bits per heavy atom. The molecule has 1 saturated heterocycles. The molecule has 1 atom stereocenters. The van der Waals surface area contributed by atoms with Gasteiger partial charge in [-0.05, 0) is 24.1 Å². The number of rotatable bonds is 5. The normalized spacial score (nSPS) is 17.7. The van der Waals surface area contributed by atoms with Crippen LogP contribution in [0.15, 0.2) is 36.7 Å². The van der Waals surface area contributed by atoms with Crippen molar-refractivity contribution in [2.45, 2.75) is 38.6 Å². The average molecular weight is 315 g/mol. The van der Waals surface area contributed by atoms with Gasteiger partial charge in [-0.2, -0.15) is 0 Å². The first kappa shape index (κ1) is 15.7. The monoisotopic (exact) mass is 315 g/mol. The molecule has 3 rings (SSSR count). The molecular formula is C18H22FN3O. The number of carbonyl (C=O) groups excluding carboxylic acids is 1. The van der Waals surface area contributed by atoms with Gasteiger partial charge in [0.15, 0.2) is 0 Å². The molecule has 1 aromatic heterocycles. The summed E-state index contributed by atoms with van der Waals surface area (Å²) in [4.78, 5) is 18.6. The molecule has 122 valence electrons. The van der Waals surface area contributed by atoms with Crippen LogP contribution in [0.1, 0.15) is 37.1 Å². The predicted octanol–water partition coefficient (Wildman–Crippen LogP) is 2.99. The van der Waals surface area contributed by atoms with Crippen molar-refractivity contribution in [1.29, 1.82) is 0 Å². The summed E-state index contributed by atoms with van der Waals surface area (Å²) in [5.41, 5.74) is 1.12. The topological polar surface area (TPSA) is 38.1 Å². The number of aryl methyl sites for hydroxylation is 2. The first-order valence-corrected chi connectivity index (χ1v) is 8.20. The average Bonchev–Trinajstić information content (AvgIpc) is 3.22. The molecule has 0 N–H and O–H groups in total. The number of imidazole rings is 1. The second kappa shape index (κ2) is 6.94. The zero-order valence-electron chi connectivity index (χ0n) is 13.4. The number of carbonyl (C=O) groups is 1. The van der Waals surface area contributed by atoms with Crippen LogP contribution in [0, 0.1) is 5.82 Å². The number of halogens is 1. The van der Waals surface area contributed by atoms with E-state index in [0.717, 1.165) is 37.3 Å². The van der Waals surface area contributed by atoms with Crippen molar-refractivity contribution < 1.29 is 9.18 Å². The number of nitrogens with zero attached hydrogens (tertiary/aromatic N) is 3. The zero-order chi connectivity index (χ0) is 16.2. The predicted molar refractivity (Wildman–Crippen MR) is 86.6 cm³/mol. The third-order valence-corrected chi connectivity index (χ3v) is 4.57. The summed E-state index contributed by atoms with van der Waals surface area (Å²) in [6.45, 7) is 4.26. The van der Waals surface area contributed by atoms with Crippen LogP contribution in [0.3, 0.4) is 0 Å². The maximum Gasteiger partial charge on any atom is 0.224 e. The van der Waals surface area contributed by atoms with Crippen LogP contribution in [0.5, 0.6) is 0 Å². The van der Waals surface area contributed by atoms with Crippen LogP contribution in [-0.4, -0.2) is 33.4 Å². The second-order valence-electron chi connectivity index (χ2n) is 6.02. The lowest BCUT2D eigenvalue weighted by atomic mass is 9.99. The molecule has 0 radical (unpaired) electrons. The van der Waals surface area contributed by atoms with Gasteiger partial charge in [0.25, 0.3) is 0 Å². The largest absolute Gasteiger partial charge is 0.342 e. The summed E-state index contributed by atoms with van der Waals surface area (Å²) in [5, 5.41) is 0. The van der Waals surface area contributed by atoms with Gasteiger partial charge in [0.2, 0.25) is 5.91 Å². The highest BCUT2D eigenvalue weighted by molar-refractivity contribution is 5.76. The fourth-order valence-electron chi connectivity index (χ4n) is 3.23. The van der Waals surface area contributed by atoms with Gasteiger partial charge in [-0.25, -0.2) is 9.37 Å². The number of benzene rings is 1. The van der Waals surface area contributed by atoms with Crippen LogP contribution in [0.4, 0.5) is 4.39 Å². The van der Waals surface area contributed by atoms with E-state index < -0.39 is 0 Å². The second-order valence-corrected chi connectivity index (χ2v) is 6.02. The van der Waals surface area contributed by atoms with Gasteiger partial charge in [0.05, 0.1) is 0 Å². The van der Waals surface area contributed by atoms with Crippen molar-refractivity contribution in [1.82, 2.24) is 14.5 Å². The van der Waals surface area contributed by atoms with E-state index in [2.05, 4.69) is 11.9 Å². The van der Waals surface area contributed by atoms with E-state index >= 15 is 0 Å². The highest BCUT2D eigenvalue weighted by atomic mass is 19.1. The molecule has 1 aliphatic heterocycles. The Morgan fingerprint density at radius 2 is 2.13 bits per heavy atom. The molecule has 0 aliphatic carbocycles. The summed E-state index contributed by atoms with van der Waals surface area (Å²) in [7, 11) is 0. The van der Waals surface area contributed by atoms with Crippen LogP contribution >= 0.6 is 0 Å². The summed E-state index contributed by atoms with van der Waals surface area (Å²) < 4.78 is 15.1. The number of hydrogen-bond donors (Lipinski definition) is 0. The van der Waals surface area contributed by atoms with Gasteiger partial charge in [-0.3, -0.25) is 4.79 Å². The van der Waals surface area contributed by atoms with Gasteiger partial charge in [0.1, 0.15) is 11.6 Å². The molecule has 2 heterocycles. The molecule has 0 spiro atoms. The van der Waals surface area contributed by atoms with Crippen LogP contribution in [-0.2, 0) is 17.8 Å². The number of aromatic nitrogens is 2. The van der Waals surface area contributed by atoms with E-state index in [0.29, 0.717) is 18.9 Å². The lowest BCUT2D eigenvalue weighted by Gasteiger charge is -2.17. The molecule has 4 nitrogen and oxygen atoms in total. The molecule has 0 unspecified atom stereocenters. The van der Waals surface area contributed by atoms with E-state index in [-0.39, 0.29) is 11.7 Å². The third-order valence-electron chi connectivity index (χ3n) is 4.57. The molecule has 2 aromatic rings. The zero-order valence-corrected chi connectivity index (χ0v) is 13.4. The fraction of sp³-hybridized carbons (Fsp3) is 0.444. The minimum Gasteiger partial charge on any atom is -0.342 e. The SMILES string of the molecule is CCc1nccn1CCC(=O)N1CC[C@H](c2ccc(F)cc2)C1. The Hall–Kier alpha value is -2.17. The van der Waals surface area contributed by atoms with E-state index in [1.165, 1.54) is 12.1 Å². The minimum atomic E-state index is -0.216. The van der Waals surface area contributed by atoms with Crippen molar-refractivity contribution in [2.75, 3.05) is 13.1 Å². The van der Waals surface area contributed by atoms with Crippen molar-refractivity contribution >= 4 is 5.91 Å². The van der Waals surface area contributed by atoms with Crippen LogP contribution < -0.4 is 0 Å². The number of hydrogen-bond acceptors (Lipinski definition) is 2. The van der Waals surface area contributed by atoms with Gasteiger partial charge >= 0.3 is 0 Å². The molecular weight excluding hydrogens is 293 g/mol. The van der Waals surface area contributed by atoms with E-state index in [1.807, 2.05) is 27.8 Å². The van der Waals surface area contributed by atoms with E-state index in [1.54, 1.807) is 6.20 Å². The highest BCUT2D eigenvalue weighted by Crippen LogP contribution is 2.27. The van der Waals surface area contributed by atoms with Crippen LogP contribution in [0.25, 0.3) is 0 Å². The Morgan fingerprint density at radius 1 is 1.35 bits per heavy atom. The van der Waals surface area contributed by atoms with Gasteiger partial charge in [-0.1, -0.05) is 19.1 Å². The maximum atomic E-state index is 13.0. The molecule has 0 bridgehead atoms. The lowest BCUT2D eigenvalue weighted by molar-refractivity contribution is -0.130. The first-order chi connectivity index (χ1) is 11.2. The highest BCUT2D eigenvalue weighted by Gasteiger charge is 2.27. The molecule has 1 amide bonds. The molecule has 5 heteroatoms. The van der Waals surface area contributed by atoms with E-state index in [4.69, 9.17) is 0 Å². The summed E-state index contributed by atoms with van der Waals surface area (Å²) in [5.74, 6) is 1.31. The third kappa shape index (κ3) is 3.60.